The molecule has 4 heteroatoms. The van der Waals surface area contributed by atoms with Crippen molar-refractivity contribution in [2.24, 2.45) is 0 Å². The Labute approximate surface area is 181 Å². The lowest BCUT2D eigenvalue weighted by Gasteiger charge is -2.27. The highest BCUT2D eigenvalue weighted by Crippen LogP contribution is 2.35. The molecule has 4 heterocycles. The minimum Gasteiger partial charge on any atom is -0.379 e. The Bertz CT molecular complexity index is 1410. The Hall–Kier alpha value is -3.21. The second-order valence-electron chi connectivity index (χ2n) is 8.41. The summed E-state index contributed by atoms with van der Waals surface area (Å²) in [5.74, 6) is 0. The topological polar surface area (TPSA) is 29.8 Å². The number of aromatic nitrogens is 2. The molecule has 1 aliphatic rings. The number of morpholine rings is 1. The molecular formula is C27H25N3O. The fraction of sp³-hybridized carbons (Fsp3) is 0.222. The normalized spacial score (nSPS) is 15.3. The molecule has 2 aromatic carbocycles. The Morgan fingerprint density at radius 3 is 2.65 bits per heavy atom. The van der Waals surface area contributed by atoms with E-state index in [0.29, 0.717) is 0 Å². The lowest BCUT2D eigenvalue weighted by molar-refractivity contribution is 0.0341. The van der Waals surface area contributed by atoms with Crippen LogP contribution in [0.25, 0.3) is 38.6 Å². The van der Waals surface area contributed by atoms with Gasteiger partial charge in [-0.3, -0.25) is 4.90 Å². The number of ether oxygens (including phenoxy) is 1. The summed E-state index contributed by atoms with van der Waals surface area (Å²) in [4.78, 5) is 7.64. The summed E-state index contributed by atoms with van der Waals surface area (Å²) < 4.78 is 7.80. The molecule has 0 saturated carbocycles. The fourth-order valence-corrected chi connectivity index (χ4v) is 4.73. The molecule has 5 aromatic rings. The molecule has 0 spiro atoms. The average Bonchev–Trinajstić information content (AvgIpc) is 3.21. The summed E-state index contributed by atoms with van der Waals surface area (Å²) in [6.45, 7) is 6.78. The fourth-order valence-electron chi connectivity index (χ4n) is 4.73. The first-order chi connectivity index (χ1) is 15.3. The predicted octanol–water partition coefficient (Wildman–Crippen LogP) is 5.45. The lowest BCUT2D eigenvalue weighted by atomic mass is 10.00. The smallest absolute Gasteiger partial charge is 0.0956 e. The zero-order chi connectivity index (χ0) is 20.8. The highest BCUT2D eigenvalue weighted by atomic mass is 16.5. The molecule has 0 N–H and O–H groups in total. The van der Waals surface area contributed by atoms with Crippen molar-refractivity contribution in [1.82, 2.24) is 14.3 Å². The van der Waals surface area contributed by atoms with Gasteiger partial charge in [-0.25, -0.2) is 4.98 Å². The van der Waals surface area contributed by atoms with Crippen molar-refractivity contribution in [2.75, 3.05) is 26.3 Å². The van der Waals surface area contributed by atoms with Gasteiger partial charge in [-0.05, 0) is 48.4 Å². The molecule has 0 unspecified atom stereocenters. The highest BCUT2D eigenvalue weighted by Gasteiger charge is 2.17. The van der Waals surface area contributed by atoms with Crippen LogP contribution in [0.1, 0.15) is 11.1 Å². The maximum Gasteiger partial charge on any atom is 0.0956 e. The standard InChI is InChI=1S/C27H25N3O/c1-19-9-10-20(16-21(19)18-29-12-14-31-15-13-29)26-27-24(17-22-6-4-5-11-30(22)27)23-7-2-3-8-25(23)28-26/h2-11,16-17H,12-15,18H2,1H3. The third kappa shape index (κ3) is 3.19. The zero-order valence-electron chi connectivity index (χ0n) is 17.7. The van der Waals surface area contributed by atoms with Crippen LogP contribution in [0.15, 0.2) is 72.9 Å². The number of nitrogens with zero attached hydrogens (tertiary/aromatic N) is 3. The first kappa shape index (κ1) is 18.6. The number of hydrogen-bond acceptors (Lipinski definition) is 3. The van der Waals surface area contributed by atoms with E-state index in [1.54, 1.807) is 0 Å². The van der Waals surface area contributed by atoms with Crippen molar-refractivity contribution < 1.29 is 4.74 Å². The van der Waals surface area contributed by atoms with Crippen LogP contribution < -0.4 is 0 Å². The summed E-state index contributed by atoms with van der Waals surface area (Å²) in [7, 11) is 0. The van der Waals surface area contributed by atoms with E-state index in [-0.39, 0.29) is 0 Å². The predicted molar refractivity (Wildman–Crippen MR) is 126 cm³/mol. The zero-order valence-corrected chi connectivity index (χ0v) is 17.7. The van der Waals surface area contributed by atoms with E-state index in [0.717, 1.165) is 44.1 Å². The quantitative estimate of drug-likeness (QED) is 0.398. The molecule has 4 nitrogen and oxygen atoms in total. The first-order valence-corrected chi connectivity index (χ1v) is 11.0. The minimum absolute atomic E-state index is 0.821. The molecule has 1 fully saturated rings. The maximum atomic E-state index is 5.53. The number of pyridine rings is 2. The van der Waals surface area contributed by atoms with Gasteiger partial charge in [0.1, 0.15) is 0 Å². The van der Waals surface area contributed by atoms with Crippen molar-refractivity contribution in [3.63, 3.8) is 0 Å². The van der Waals surface area contributed by atoms with Crippen LogP contribution in [0.3, 0.4) is 0 Å². The molecule has 0 aliphatic carbocycles. The van der Waals surface area contributed by atoms with Crippen LogP contribution in [0.4, 0.5) is 0 Å². The van der Waals surface area contributed by atoms with Crippen LogP contribution in [0.5, 0.6) is 0 Å². The van der Waals surface area contributed by atoms with Crippen molar-refractivity contribution in [1.29, 1.82) is 0 Å². The summed E-state index contributed by atoms with van der Waals surface area (Å²) in [6.07, 6.45) is 2.14. The Morgan fingerprint density at radius 2 is 1.74 bits per heavy atom. The second kappa shape index (κ2) is 7.49. The molecule has 0 bridgehead atoms. The third-order valence-electron chi connectivity index (χ3n) is 6.45. The molecule has 31 heavy (non-hydrogen) atoms. The molecule has 1 saturated heterocycles. The third-order valence-corrected chi connectivity index (χ3v) is 6.45. The average molecular weight is 408 g/mol. The van der Waals surface area contributed by atoms with E-state index in [1.807, 2.05) is 0 Å². The summed E-state index contributed by atoms with van der Waals surface area (Å²) in [6, 6.07) is 23.9. The van der Waals surface area contributed by atoms with E-state index in [1.165, 1.54) is 38.5 Å². The number of fused-ring (bicyclic) bond motifs is 5. The Balaban J connectivity index is 1.57. The van der Waals surface area contributed by atoms with Gasteiger partial charge in [0.15, 0.2) is 0 Å². The van der Waals surface area contributed by atoms with E-state index in [2.05, 4.69) is 89.2 Å². The molecule has 3 aromatic heterocycles. The SMILES string of the molecule is Cc1ccc(-c2nc3ccccc3c3cc4ccccn4c23)cc1CN1CCOCC1. The molecule has 0 radical (unpaired) electrons. The van der Waals surface area contributed by atoms with Gasteiger partial charge in [-0.15, -0.1) is 0 Å². The lowest BCUT2D eigenvalue weighted by Crippen LogP contribution is -2.35. The van der Waals surface area contributed by atoms with Gasteiger partial charge in [0.25, 0.3) is 0 Å². The summed E-state index contributed by atoms with van der Waals surface area (Å²) >= 11 is 0. The largest absolute Gasteiger partial charge is 0.379 e. The number of benzene rings is 2. The maximum absolute atomic E-state index is 5.53. The highest BCUT2D eigenvalue weighted by molar-refractivity contribution is 6.12. The van der Waals surface area contributed by atoms with Gasteiger partial charge in [-0.2, -0.15) is 0 Å². The molecule has 6 rings (SSSR count). The van der Waals surface area contributed by atoms with Crippen molar-refractivity contribution in [3.05, 3.63) is 84.1 Å². The van der Waals surface area contributed by atoms with Crippen LogP contribution in [0, 0.1) is 6.92 Å². The number of rotatable bonds is 3. The van der Waals surface area contributed by atoms with E-state index in [9.17, 15) is 0 Å². The number of para-hydroxylation sites is 1. The Morgan fingerprint density at radius 1 is 0.903 bits per heavy atom. The van der Waals surface area contributed by atoms with Crippen molar-refractivity contribution in [3.8, 4) is 11.3 Å². The van der Waals surface area contributed by atoms with Gasteiger partial charge in [-0.1, -0.05) is 36.4 Å². The van der Waals surface area contributed by atoms with Gasteiger partial charge >= 0.3 is 0 Å². The van der Waals surface area contributed by atoms with E-state index < -0.39 is 0 Å². The molecule has 1 aliphatic heterocycles. The van der Waals surface area contributed by atoms with Crippen molar-refractivity contribution >= 4 is 27.3 Å². The van der Waals surface area contributed by atoms with Gasteiger partial charge in [0.2, 0.25) is 0 Å². The molecule has 0 amide bonds. The van der Waals surface area contributed by atoms with Crippen LogP contribution in [-0.4, -0.2) is 40.6 Å². The Kier molecular flexibility index (Phi) is 4.48. The summed E-state index contributed by atoms with van der Waals surface area (Å²) in [5, 5.41) is 2.45. The molecular weight excluding hydrogens is 382 g/mol. The van der Waals surface area contributed by atoms with E-state index in [4.69, 9.17) is 9.72 Å². The van der Waals surface area contributed by atoms with Crippen LogP contribution >= 0.6 is 0 Å². The van der Waals surface area contributed by atoms with E-state index >= 15 is 0 Å². The van der Waals surface area contributed by atoms with Crippen molar-refractivity contribution in [2.45, 2.75) is 13.5 Å². The van der Waals surface area contributed by atoms with Crippen LogP contribution in [-0.2, 0) is 11.3 Å². The molecule has 0 atom stereocenters. The van der Waals surface area contributed by atoms with Gasteiger partial charge in [0, 0.05) is 47.7 Å². The van der Waals surface area contributed by atoms with Crippen LogP contribution in [0.2, 0.25) is 0 Å². The number of aryl methyl sites for hydroxylation is 1. The summed E-state index contributed by atoms with van der Waals surface area (Å²) in [5.41, 5.74) is 8.32. The second-order valence-corrected chi connectivity index (χ2v) is 8.41. The number of hydrogen-bond donors (Lipinski definition) is 0. The monoisotopic (exact) mass is 407 g/mol. The van der Waals surface area contributed by atoms with Gasteiger partial charge < -0.3 is 9.14 Å². The molecule has 154 valence electrons. The minimum atomic E-state index is 0.821. The first-order valence-electron chi connectivity index (χ1n) is 11.0. The van der Waals surface area contributed by atoms with Gasteiger partial charge in [0.05, 0.1) is 29.9 Å².